The molecule has 6 heteroatoms. The van der Waals surface area contributed by atoms with Gasteiger partial charge in [-0.3, -0.25) is 4.68 Å². The van der Waals surface area contributed by atoms with Gasteiger partial charge < -0.3 is 15.1 Å². The third-order valence-electron chi connectivity index (χ3n) is 4.82. The van der Waals surface area contributed by atoms with Crippen molar-refractivity contribution in [3.63, 3.8) is 0 Å². The molecule has 1 aliphatic rings. The quantitative estimate of drug-likeness (QED) is 0.918. The van der Waals surface area contributed by atoms with Crippen LogP contribution in [-0.2, 0) is 6.54 Å². The van der Waals surface area contributed by atoms with Gasteiger partial charge >= 0.3 is 6.03 Å². The zero-order valence-electron chi connectivity index (χ0n) is 16.0. The Bertz CT molecular complexity index is 727. The largest absolute Gasteiger partial charge is 0.370 e. The van der Waals surface area contributed by atoms with Crippen molar-refractivity contribution in [1.29, 1.82) is 0 Å². The van der Waals surface area contributed by atoms with Gasteiger partial charge in [-0.1, -0.05) is 18.2 Å². The Kier molecular flexibility index (Phi) is 5.81. The summed E-state index contributed by atoms with van der Waals surface area (Å²) in [6.45, 7) is 10.1. The molecule has 1 aromatic carbocycles. The summed E-state index contributed by atoms with van der Waals surface area (Å²) in [5.41, 5.74) is 3.36. The third kappa shape index (κ3) is 4.56. The molecule has 0 bridgehead atoms. The number of benzene rings is 1. The lowest BCUT2D eigenvalue weighted by Gasteiger charge is -2.25. The average molecular weight is 355 g/mol. The Morgan fingerprint density at radius 3 is 2.62 bits per heavy atom. The van der Waals surface area contributed by atoms with Crippen molar-refractivity contribution in [2.24, 2.45) is 0 Å². The highest BCUT2D eigenvalue weighted by molar-refractivity contribution is 5.74. The van der Waals surface area contributed by atoms with Gasteiger partial charge in [0.25, 0.3) is 0 Å². The minimum atomic E-state index is 0.0222. The van der Waals surface area contributed by atoms with E-state index in [-0.39, 0.29) is 12.1 Å². The molecule has 6 nitrogen and oxygen atoms in total. The molecule has 0 spiro atoms. The van der Waals surface area contributed by atoms with E-state index < -0.39 is 0 Å². The van der Waals surface area contributed by atoms with Crippen LogP contribution in [0.5, 0.6) is 0 Å². The van der Waals surface area contributed by atoms with Gasteiger partial charge in [-0.25, -0.2) is 4.79 Å². The van der Waals surface area contributed by atoms with Crippen LogP contribution in [-0.4, -0.2) is 52.9 Å². The maximum absolute atomic E-state index is 12.7. The Morgan fingerprint density at radius 2 is 1.92 bits per heavy atom. The first-order chi connectivity index (χ1) is 12.5. The number of nitrogens with one attached hydrogen (secondary N) is 1. The highest BCUT2D eigenvalue weighted by Crippen LogP contribution is 2.15. The standard InChI is InChI=1S/C20H29N5O/c1-16-14-18(3)25(22-16)15-17(2)21-20(26)24-11-7-10-23(12-13-24)19-8-5-4-6-9-19/h4-6,8-9,14,17H,7,10-13,15H2,1-3H3,(H,21,26). The second-order valence-corrected chi connectivity index (χ2v) is 7.12. The van der Waals surface area contributed by atoms with E-state index in [2.05, 4.69) is 45.6 Å². The molecule has 2 amide bonds. The minimum absolute atomic E-state index is 0.0222. The van der Waals surface area contributed by atoms with Crippen LogP contribution in [0.15, 0.2) is 36.4 Å². The molecule has 1 atom stereocenters. The predicted molar refractivity (Wildman–Crippen MR) is 105 cm³/mol. The molecule has 1 unspecified atom stereocenters. The molecule has 3 rings (SSSR count). The van der Waals surface area contributed by atoms with E-state index in [0.717, 1.165) is 44.0 Å². The van der Waals surface area contributed by atoms with E-state index in [4.69, 9.17) is 0 Å². The number of nitrogens with zero attached hydrogens (tertiary/aromatic N) is 4. The van der Waals surface area contributed by atoms with E-state index in [9.17, 15) is 4.79 Å². The summed E-state index contributed by atoms with van der Waals surface area (Å²) in [6, 6.07) is 12.5. The summed E-state index contributed by atoms with van der Waals surface area (Å²) in [7, 11) is 0. The number of hydrogen-bond donors (Lipinski definition) is 1. The number of aromatic nitrogens is 2. The van der Waals surface area contributed by atoms with Gasteiger partial charge in [0.15, 0.2) is 0 Å². The van der Waals surface area contributed by atoms with Gasteiger partial charge in [-0.05, 0) is 45.4 Å². The fraction of sp³-hybridized carbons (Fsp3) is 0.500. The smallest absolute Gasteiger partial charge is 0.317 e. The first-order valence-corrected chi connectivity index (χ1v) is 9.39. The van der Waals surface area contributed by atoms with E-state index >= 15 is 0 Å². The maximum atomic E-state index is 12.7. The number of carbonyl (C=O) groups is 1. The fourth-order valence-corrected chi connectivity index (χ4v) is 3.48. The second kappa shape index (κ2) is 8.25. The summed E-state index contributed by atoms with van der Waals surface area (Å²) in [4.78, 5) is 16.9. The molecule has 2 aromatic rings. The monoisotopic (exact) mass is 355 g/mol. The highest BCUT2D eigenvalue weighted by Gasteiger charge is 2.20. The number of aryl methyl sites for hydroxylation is 2. The number of anilines is 1. The van der Waals surface area contributed by atoms with Gasteiger partial charge in [-0.15, -0.1) is 0 Å². The van der Waals surface area contributed by atoms with E-state index in [1.54, 1.807) is 0 Å². The lowest BCUT2D eigenvalue weighted by atomic mass is 10.3. The van der Waals surface area contributed by atoms with Crippen molar-refractivity contribution in [3.8, 4) is 0 Å². The van der Waals surface area contributed by atoms with Crippen molar-refractivity contribution in [3.05, 3.63) is 47.8 Å². The zero-order chi connectivity index (χ0) is 18.5. The number of carbonyl (C=O) groups excluding carboxylic acids is 1. The average Bonchev–Trinajstić information content (AvgIpc) is 2.82. The second-order valence-electron chi connectivity index (χ2n) is 7.12. The van der Waals surface area contributed by atoms with Crippen LogP contribution in [0.2, 0.25) is 0 Å². The van der Waals surface area contributed by atoms with E-state index in [1.165, 1.54) is 5.69 Å². The normalized spacial score (nSPS) is 16.3. The zero-order valence-corrected chi connectivity index (χ0v) is 16.0. The summed E-state index contributed by atoms with van der Waals surface area (Å²) < 4.78 is 1.96. The summed E-state index contributed by atoms with van der Waals surface area (Å²) in [5, 5.41) is 7.60. The van der Waals surface area contributed by atoms with Crippen LogP contribution >= 0.6 is 0 Å². The van der Waals surface area contributed by atoms with Crippen LogP contribution < -0.4 is 10.2 Å². The SMILES string of the molecule is Cc1cc(C)n(CC(C)NC(=O)N2CCCN(c3ccccc3)CC2)n1. The molecule has 1 aliphatic heterocycles. The number of urea groups is 1. The third-order valence-corrected chi connectivity index (χ3v) is 4.82. The maximum Gasteiger partial charge on any atom is 0.317 e. The van der Waals surface area contributed by atoms with Gasteiger partial charge in [-0.2, -0.15) is 5.10 Å². The predicted octanol–water partition coefficient (Wildman–Crippen LogP) is 2.81. The van der Waals surface area contributed by atoms with Crippen LogP contribution in [0, 0.1) is 13.8 Å². The molecule has 2 heterocycles. The van der Waals surface area contributed by atoms with Gasteiger partial charge in [0.2, 0.25) is 0 Å². The molecule has 1 aromatic heterocycles. The van der Waals surface area contributed by atoms with Crippen LogP contribution in [0.4, 0.5) is 10.5 Å². The molecule has 1 fully saturated rings. The lowest BCUT2D eigenvalue weighted by Crippen LogP contribution is -2.46. The highest BCUT2D eigenvalue weighted by atomic mass is 16.2. The Balaban J connectivity index is 1.52. The lowest BCUT2D eigenvalue weighted by molar-refractivity contribution is 0.196. The first-order valence-electron chi connectivity index (χ1n) is 9.39. The first kappa shape index (κ1) is 18.3. The van der Waals surface area contributed by atoms with Crippen molar-refractivity contribution in [2.75, 3.05) is 31.1 Å². The van der Waals surface area contributed by atoms with Gasteiger partial charge in [0.1, 0.15) is 0 Å². The van der Waals surface area contributed by atoms with Crippen molar-refractivity contribution < 1.29 is 4.79 Å². The van der Waals surface area contributed by atoms with E-state index in [0.29, 0.717) is 6.54 Å². The number of para-hydroxylation sites is 1. The van der Waals surface area contributed by atoms with Crippen molar-refractivity contribution in [2.45, 2.75) is 39.8 Å². The van der Waals surface area contributed by atoms with Crippen LogP contribution in [0.3, 0.4) is 0 Å². The summed E-state index contributed by atoms with van der Waals surface area (Å²) >= 11 is 0. The Morgan fingerprint density at radius 1 is 1.15 bits per heavy atom. The minimum Gasteiger partial charge on any atom is -0.370 e. The molecule has 0 radical (unpaired) electrons. The van der Waals surface area contributed by atoms with Crippen LogP contribution in [0.1, 0.15) is 24.7 Å². The molecular formula is C20H29N5O. The molecule has 26 heavy (non-hydrogen) atoms. The molecule has 140 valence electrons. The summed E-state index contributed by atoms with van der Waals surface area (Å²) in [5.74, 6) is 0. The van der Waals surface area contributed by atoms with Crippen LogP contribution in [0.25, 0.3) is 0 Å². The number of rotatable bonds is 4. The topological polar surface area (TPSA) is 53.4 Å². The molecule has 0 aliphatic carbocycles. The van der Waals surface area contributed by atoms with E-state index in [1.807, 2.05) is 36.4 Å². The van der Waals surface area contributed by atoms with Crippen molar-refractivity contribution >= 4 is 11.7 Å². The molecular weight excluding hydrogens is 326 g/mol. The number of hydrogen-bond acceptors (Lipinski definition) is 3. The molecule has 1 N–H and O–H groups in total. The van der Waals surface area contributed by atoms with Crippen molar-refractivity contribution in [1.82, 2.24) is 20.0 Å². The fourth-order valence-electron chi connectivity index (χ4n) is 3.48. The number of amides is 2. The van der Waals surface area contributed by atoms with Gasteiger partial charge in [0, 0.05) is 43.6 Å². The molecule has 1 saturated heterocycles. The molecule has 0 saturated carbocycles. The Hall–Kier alpha value is -2.50. The van der Waals surface area contributed by atoms with Gasteiger partial charge in [0.05, 0.1) is 12.2 Å². The summed E-state index contributed by atoms with van der Waals surface area (Å²) in [6.07, 6.45) is 0.980. The Labute approximate surface area is 155 Å².